The highest BCUT2D eigenvalue weighted by Crippen LogP contribution is 2.51. The lowest BCUT2D eigenvalue weighted by Crippen LogP contribution is -2.28. The number of rotatable bonds is 6. The van der Waals surface area contributed by atoms with Gasteiger partial charge in [-0.1, -0.05) is 36.4 Å². The monoisotopic (exact) mass is 471 g/mol. The van der Waals surface area contributed by atoms with Gasteiger partial charge in [-0.25, -0.2) is 0 Å². The highest BCUT2D eigenvalue weighted by molar-refractivity contribution is 6.02. The minimum Gasteiger partial charge on any atom is -0.454 e. The zero-order valence-electron chi connectivity index (χ0n) is 17.8. The van der Waals surface area contributed by atoms with Gasteiger partial charge >= 0.3 is 6.36 Å². The molecule has 0 atom stereocenters. The predicted molar refractivity (Wildman–Crippen MR) is 117 cm³/mol. The maximum atomic E-state index is 13.3. The number of ether oxygens (including phenoxy) is 3. The summed E-state index contributed by atoms with van der Waals surface area (Å²) in [6.07, 6.45) is -3.85. The van der Waals surface area contributed by atoms with Gasteiger partial charge in [-0.2, -0.15) is 0 Å². The molecule has 3 aromatic rings. The lowest BCUT2D eigenvalue weighted by molar-refractivity contribution is -0.274. The summed E-state index contributed by atoms with van der Waals surface area (Å²) in [5.41, 5.74) is 1.48. The molecule has 34 heavy (non-hydrogen) atoms. The quantitative estimate of drug-likeness (QED) is 0.521. The molecule has 6 nitrogen and oxygen atoms in total. The van der Waals surface area contributed by atoms with Crippen LogP contribution in [0, 0.1) is 0 Å². The first-order valence-corrected chi connectivity index (χ1v) is 10.6. The fourth-order valence-electron chi connectivity index (χ4n) is 4.16. The number of nitrogens with one attached hydrogen (secondary N) is 1. The van der Waals surface area contributed by atoms with Crippen LogP contribution < -0.4 is 19.5 Å². The number of halogens is 3. The first kappa shape index (κ1) is 22.1. The van der Waals surface area contributed by atoms with Gasteiger partial charge in [-0.05, 0) is 59.4 Å². The van der Waals surface area contributed by atoms with Gasteiger partial charge in [0.1, 0.15) is 0 Å². The number of amides is 1. The molecule has 5 rings (SSSR count). The van der Waals surface area contributed by atoms with Crippen LogP contribution in [0.5, 0.6) is 17.2 Å². The van der Waals surface area contributed by atoms with Crippen LogP contribution in [0.25, 0.3) is 11.1 Å². The predicted octanol–water partition coefficient (Wildman–Crippen LogP) is 5.14. The number of fused-ring (bicyclic) bond motifs is 1. The first-order valence-electron chi connectivity index (χ1n) is 10.6. The molecule has 176 valence electrons. The first-order chi connectivity index (χ1) is 16.3. The van der Waals surface area contributed by atoms with Crippen LogP contribution in [-0.2, 0) is 16.8 Å². The molecule has 2 N–H and O–H groups in total. The van der Waals surface area contributed by atoms with Gasteiger partial charge < -0.3 is 24.6 Å². The van der Waals surface area contributed by atoms with Gasteiger partial charge in [0.15, 0.2) is 17.2 Å². The van der Waals surface area contributed by atoms with E-state index < -0.39 is 23.4 Å². The van der Waals surface area contributed by atoms with Crippen LogP contribution in [-0.4, -0.2) is 24.2 Å². The second kappa shape index (κ2) is 8.25. The Hall–Kier alpha value is -3.72. The minimum atomic E-state index is -4.93. The molecule has 9 heteroatoms. The summed E-state index contributed by atoms with van der Waals surface area (Å²) in [5, 5.41) is 12.3. The van der Waals surface area contributed by atoms with Crippen molar-refractivity contribution in [2.24, 2.45) is 0 Å². The smallest absolute Gasteiger partial charge is 0.454 e. The molecule has 1 saturated carbocycles. The molecule has 0 saturated heterocycles. The van der Waals surface area contributed by atoms with E-state index in [0.29, 0.717) is 46.6 Å². The summed E-state index contributed by atoms with van der Waals surface area (Å²) in [7, 11) is 0. The van der Waals surface area contributed by atoms with E-state index >= 15 is 0 Å². The Morgan fingerprint density at radius 2 is 1.79 bits per heavy atom. The third-order valence-corrected chi connectivity index (χ3v) is 6.06. The third-order valence-electron chi connectivity index (χ3n) is 6.06. The van der Waals surface area contributed by atoms with Crippen LogP contribution >= 0.6 is 0 Å². The Balaban J connectivity index is 1.49. The standard InChI is InChI=1S/C25H20F3NO5/c26-25(27,28)34-20-7-5-15(18-4-2-1-3-16(18)13-30)11-19(20)29-23(31)24(9-10-24)17-6-8-21-22(12-17)33-14-32-21/h1-8,11-12,30H,9-10,13-14H2,(H,29,31). The molecule has 1 amide bonds. The summed E-state index contributed by atoms with van der Waals surface area (Å²) in [6.45, 7) is -0.149. The Labute approximate surface area is 192 Å². The Morgan fingerprint density at radius 3 is 2.53 bits per heavy atom. The van der Waals surface area contributed by atoms with Gasteiger partial charge in [0.05, 0.1) is 17.7 Å². The molecule has 1 heterocycles. The topological polar surface area (TPSA) is 77.0 Å². The molecule has 1 aliphatic heterocycles. The van der Waals surface area contributed by atoms with Gasteiger partial charge in [0.2, 0.25) is 12.7 Å². The van der Waals surface area contributed by atoms with Crippen LogP contribution in [0.2, 0.25) is 0 Å². The van der Waals surface area contributed by atoms with E-state index in [2.05, 4.69) is 10.1 Å². The number of anilines is 1. The summed E-state index contributed by atoms with van der Waals surface area (Å²) in [6, 6.07) is 16.2. The van der Waals surface area contributed by atoms with Crippen molar-refractivity contribution >= 4 is 11.6 Å². The molecule has 0 spiro atoms. The number of aliphatic hydroxyl groups excluding tert-OH is 1. The van der Waals surface area contributed by atoms with E-state index in [-0.39, 0.29) is 19.1 Å². The SMILES string of the molecule is O=C(Nc1cc(-c2ccccc2CO)ccc1OC(F)(F)F)C1(c2ccc3c(c2)OCO3)CC1. The van der Waals surface area contributed by atoms with Gasteiger partial charge in [-0.15, -0.1) is 13.2 Å². The second-order valence-electron chi connectivity index (χ2n) is 8.18. The summed E-state index contributed by atoms with van der Waals surface area (Å²) in [4.78, 5) is 13.3. The zero-order valence-corrected chi connectivity index (χ0v) is 17.8. The van der Waals surface area contributed by atoms with E-state index in [1.165, 1.54) is 12.1 Å². The third kappa shape index (κ3) is 4.14. The van der Waals surface area contributed by atoms with E-state index in [9.17, 15) is 23.1 Å². The molecule has 0 aromatic heterocycles. The molecule has 2 aliphatic rings. The van der Waals surface area contributed by atoms with Gasteiger partial charge in [0, 0.05) is 0 Å². The number of aliphatic hydroxyl groups is 1. The molecular weight excluding hydrogens is 451 g/mol. The normalized spacial score (nSPS) is 15.6. The van der Waals surface area contributed by atoms with Crippen LogP contribution in [0.15, 0.2) is 60.7 Å². The van der Waals surface area contributed by atoms with Crippen molar-refractivity contribution in [3.05, 3.63) is 71.8 Å². The molecule has 3 aromatic carbocycles. The van der Waals surface area contributed by atoms with Crippen molar-refractivity contribution in [2.45, 2.75) is 31.2 Å². The van der Waals surface area contributed by atoms with E-state index in [0.717, 1.165) is 6.07 Å². The minimum absolute atomic E-state index is 0.0955. The number of hydrogen-bond donors (Lipinski definition) is 2. The Bertz CT molecular complexity index is 1250. The number of hydrogen-bond acceptors (Lipinski definition) is 5. The number of benzene rings is 3. The molecule has 1 fully saturated rings. The van der Waals surface area contributed by atoms with Gasteiger partial charge in [-0.3, -0.25) is 4.79 Å². The van der Waals surface area contributed by atoms with Crippen LogP contribution in [0.3, 0.4) is 0 Å². The maximum absolute atomic E-state index is 13.3. The number of carbonyl (C=O) groups is 1. The summed E-state index contributed by atoms with van der Waals surface area (Å²) in [5.74, 6) is 0.148. The van der Waals surface area contributed by atoms with Crippen molar-refractivity contribution < 1.29 is 37.3 Å². The molecule has 0 bridgehead atoms. The lowest BCUT2D eigenvalue weighted by atomic mass is 9.94. The van der Waals surface area contributed by atoms with Crippen molar-refractivity contribution in [1.82, 2.24) is 0 Å². The zero-order chi connectivity index (χ0) is 23.9. The Morgan fingerprint density at radius 1 is 1.03 bits per heavy atom. The highest BCUT2D eigenvalue weighted by atomic mass is 19.4. The fourth-order valence-corrected chi connectivity index (χ4v) is 4.16. The largest absolute Gasteiger partial charge is 0.573 e. The average molecular weight is 471 g/mol. The molecule has 0 radical (unpaired) electrons. The average Bonchev–Trinajstić information content (AvgIpc) is 3.50. The number of carbonyl (C=O) groups excluding carboxylic acids is 1. The van der Waals surface area contributed by atoms with Gasteiger partial charge in [0.25, 0.3) is 0 Å². The summed E-state index contributed by atoms with van der Waals surface area (Å²) < 4.78 is 54.0. The van der Waals surface area contributed by atoms with E-state index in [1.807, 2.05) is 0 Å². The maximum Gasteiger partial charge on any atom is 0.573 e. The van der Waals surface area contributed by atoms with Crippen LogP contribution in [0.1, 0.15) is 24.0 Å². The van der Waals surface area contributed by atoms with E-state index in [1.54, 1.807) is 42.5 Å². The van der Waals surface area contributed by atoms with Crippen molar-refractivity contribution in [3.63, 3.8) is 0 Å². The van der Waals surface area contributed by atoms with Crippen molar-refractivity contribution in [3.8, 4) is 28.4 Å². The molecule has 0 unspecified atom stereocenters. The highest BCUT2D eigenvalue weighted by Gasteiger charge is 2.52. The number of alkyl halides is 3. The van der Waals surface area contributed by atoms with Crippen molar-refractivity contribution in [1.29, 1.82) is 0 Å². The Kier molecular flexibility index (Phi) is 5.36. The lowest BCUT2D eigenvalue weighted by Gasteiger charge is -2.20. The summed E-state index contributed by atoms with van der Waals surface area (Å²) >= 11 is 0. The molecule has 1 aliphatic carbocycles. The fraction of sp³-hybridized carbons (Fsp3) is 0.240. The van der Waals surface area contributed by atoms with Crippen molar-refractivity contribution in [2.75, 3.05) is 12.1 Å². The second-order valence-corrected chi connectivity index (χ2v) is 8.18. The molecular formula is C25H20F3NO5. The van der Waals surface area contributed by atoms with E-state index in [4.69, 9.17) is 9.47 Å². The van der Waals surface area contributed by atoms with Crippen LogP contribution in [0.4, 0.5) is 18.9 Å².